The van der Waals surface area contributed by atoms with Gasteiger partial charge in [-0.3, -0.25) is 4.79 Å². The van der Waals surface area contributed by atoms with Crippen molar-refractivity contribution in [2.45, 2.75) is 26.0 Å². The van der Waals surface area contributed by atoms with E-state index in [1.165, 1.54) is 5.56 Å². The van der Waals surface area contributed by atoms with Gasteiger partial charge >= 0.3 is 0 Å². The maximum absolute atomic E-state index is 12.4. The second-order valence-corrected chi connectivity index (χ2v) is 6.24. The molecule has 4 heteroatoms. The number of carbonyl (C=O) groups excluding carboxylic acids is 1. The monoisotopic (exact) mass is 324 g/mol. The SMILES string of the molecule is CCN(Cc1ccccc1)c1ccc(C(=O)N2CC[C@H](O)C2)cc1. The van der Waals surface area contributed by atoms with Crippen LogP contribution in [0.2, 0.25) is 0 Å². The van der Waals surface area contributed by atoms with Crippen molar-refractivity contribution in [1.82, 2.24) is 4.90 Å². The van der Waals surface area contributed by atoms with Crippen LogP contribution in [0.4, 0.5) is 5.69 Å². The summed E-state index contributed by atoms with van der Waals surface area (Å²) in [5.41, 5.74) is 3.06. The molecule has 4 nitrogen and oxygen atoms in total. The first-order chi connectivity index (χ1) is 11.7. The van der Waals surface area contributed by atoms with Crippen molar-refractivity contribution in [3.63, 3.8) is 0 Å². The van der Waals surface area contributed by atoms with Gasteiger partial charge in [0.2, 0.25) is 0 Å². The highest BCUT2D eigenvalue weighted by Crippen LogP contribution is 2.20. The lowest BCUT2D eigenvalue weighted by molar-refractivity contribution is 0.0765. The molecule has 0 saturated carbocycles. The Balaban J connectivity index is 1.69. The number of carbonyl (C=O) groups is 1. The van der Waals surface area contributed by atoms with E-state index in [4.69, 9.17) is 0 Å². The van der Waals surface area contributed by atoms with Gasteiger partial charge in [-0.15, -0.1) is 0 Å². The number of likely N-dealkylation sites (tertiary alicyclic amines) is 1. The molecule has 0 aliphatic carbocycles. The molecule has 0 bridgehead atoms. The topological polar surface area (TPSA) is 43.8 Å². The first kappa shape index (κ1) is 16.5. The largest absolute Gasteiger partial charge is 0.391 e. The van der Waals surface area contributed by atoms with E-state index in [2.05, 4.69) is 36.1 Å². The number of hydrogen-bond acceptors (Lipinski definition) is 3. The zero-order valence-corrected chi connectivity index (χ0v) is 14.1. The molecule has 1 aliphatic rings. The van der Waals surface area contributed by atoms with Crippen LogP contribution in [0.5, 0.6) is 0 Å². The second-order valence-electron chi connectivity index (χ2n) is 6.24. The molecule has 126 valence electrons. The van der Waals surface area contributed by atoms with E-state index in [0.717, 1.165) is 18.8 Å². The van der Waals surface area contributed by atoms with Gasteiger partial charge in [-0.25, -0.2) is 0 Å². The molecule has 0 radical (unpaired) electrons. The normalized spacial score (nSPS) is 17.1. The van der Waals surface area contributed by atoms with E-state index >= 15 is 0 Å². The Bertz CT molecular complexity index is 670. The lowest BCUT2D eigenvalue weighted by Gasteiger charge is -2.24. The third kappa shape index (κ3) is 3.77. The van der Waals surface area contributed by atoms with Crippen LogP contribution in [0.25, 0.3) is 0 Å². The van der Waals surface area contributed by atoms with Gasteiger partial charge in [-0.05, 0) is 43.2 Å². The highest BCUT2D eigenvalue weighted by molar-refractivity contribution is 5.94. The van der Waals surface area contributed by atoms with E-state index in [0.29, 0.717) is 25.1 Å². The Kier molecular flexibility index (Phi) is 5.16. The maximum atomic E-state index is 12.4. The summed E-state index contributed by atoms with van der Waals surface area (Å²) in [5.74, 6) is 0.00390. The molecular formula is C20H24N2O2. The predicted molar refractivity (Wildman–Crippen MR) is 96.1 cm³/mol. The molecule has 3 rings (SSSR count). The molecule has 2 aromatic rings. The summed E-state index contributed by atoms with van der Waals surface area (Å²) >= 11 is 0. The number of benzene rings is 2. The van der Waals surface area contributed by atoms with Crippen LogP contribution in [0.15, 0.2) is 54.6 Å². The third-order valence-electron chi connectivity index (χ3n) is 4.53. The van der Waals surface area contributed by atoms with Crippen molar-refractivity contribution >= 4 is 11.6 Å². The minimum absolute atomic E-state index is 0.00390. The summed E-state index contributed by atoms with van der Waals surface area (Å²) in [5, 5.41) is 9.58. The van der Waals surface area contributed by atoms with Crippen LogP contribution in [-0.4, -0.2) is 41.7 Å². The Morgan fingerprint density at radius 2 is 1.88 bits per heavy atom. The van der Waals surface area contributed by atoms with Crippen molar-refractivity contribution in [3.8, 4) is 0 Å². The van der Waals surface area contributed by atoms with Gasteiger partial charge in [-0.2, -0.15) is 0 Å². The van der Waals surface area contributed by atoms with Crippen LogP contribution in [-0.2, 0) is 6.54 Å². The van der Waals surface area contributed by atoms with E-state index in [1.807, 2.05) is 30.3 Å². The first-order valence-electron chi connectivity index (χ1n) is 8.53. The summed E-state index contributed by atoms with van der Waals surface area (Å²) in [6, 6.07) is 18.2. The number of hydrogen-bond donors (Lipinski definition) is 1. The van der Waals surface area contributed by atoms with Crippen molar-refractivity contribution in [3.05, 3.63) is 65.7 Å². The first-order valence-corrected chi connectivity index (χ1v) is 8.53. The molecule has 2 aromatic carbocycles. The summed E-state index contributed by atoms with van der Waals surface area (Å²) in [4.78, 5) is 16.4. The average Bonchev–Trinajstić information content (AvgIpc) is 3.06. The van der Waals surface area contributed by atoms with Gasteiger partial charge in [0.05, 0.1) is 6.10 Å². The van der Waals surface area contributed by atoms with Gasteiger partial charge in [0.25, 0.3) is 5.91 Å². The van der Waals surface area contributed by atoms with Gasteiger partial charge in [0.1, 0.15) is 0 Å². The van der Waals surface area contributed by atoms with E-state index in [-0.39, 0.29) is 12.0 Å². The molecule has 1 saturated heterocycles. The molecule has 1 aliphatic heterocycles. The van der Waals surface area contributed by atoms with E-state index < -0.39 is 0 Å². The van der Waals surface area contributed by atoms with Crippen molar-refractivity contribution in [1.29, 1.82) is 0 Å². The Morgan fingerprint density at radius 3 is 2.46 bits per heavy atom. The van der Waals surface area contributed by atoms with Crippen molar-refractivity contribution in [2.75, 3.05) is 24.5 Å². The smallest absolute Gasteiger partial charge is 0.253 e. The Morgan fingerprint density at radius 1 is 1.17 bits per heavy atom. The van der Waals surface area contributed by atoms with Crippen molar-refractivity contribution in [2.24, 2.45) is 0 Å². The van der Waals surface area contributed by atoms with Crippen molar-refractivity contribution < 1.29 is 9.90 Å². The average molecular weight is 324 g/mol. The number of amides is 1. The fraction of sp³-hybridized carbons (Fsp3) is 0.350. The Labute approximate surface area is 143 Å². The summed E-state index contributed by atoms with van der Waals surface area (Å²) in [7, 11) is 0. The predicted octanol–water partition coefficient (Wildman–Crippen LogP) is 2.92. The summed E-state index contributed by atoms with van der Waals surface area (Å²) < 4.78 is 0. The number of aliphatic hydroxyl groups excluding tert-OH is 1. The Hall–Kier alpha value is -2.33. The van der Waals surface area contributed by atoms with Crippen LogP contribution in [0.1, 0.15) is 29.3 Å². The number of aliphatic hydroxyl groups is 1. The van der Waals surface area contributed by atoms with Gasteiger partial charge in [0, 0.05) is 37.4 Å². The van der Waals surface area contributed by atoms with Crippen LogP contribution >= 0.6 is 0 Å². The quantitative estimate of drug-likeness (QED) is 0.920. The van der Waals surface area contributed by atoms with Gasteiger partial charge in [-0.1, -0.05) is 30.3 Å². The number of rotatable bonds is 5. The van der Waals surface area contributed by atoms with Crippen LogP contribution in [0.3, 0.4) is 0 Å². The zero-order valence-electron chi connectivity index (χ0n) is 14.1. The summed E-state index contributed by atoms with van der Waals surface area (Å²) in [6.45, 7) is 4.96. The minimum Gasteiger partial charge on any atom is -0.391 e. The fourth-order valence-corrected chi connectivity index (χ4v) is 3.11. The molecule has 24 heavy (non-hydrogen) atoms. The number of β-amino-alcohol motifs (C(OH)–C–C–N with tert-alkyl or cyclic N) is 1. The highest BCUT2D eigenvalue weighted by atomic mass is 16.3. The standard InChI is InChI=1S/C20H24N2O2/c1-2-21(14-16-6-4-3-5-7-16)18-10-8-17(9-11-18)20(24)22-13-12-19(23)15-22/h3-11,19,23H,2,12-15H2,1H3/t19-/m0/s1. The molecule has 0 unspecified atom stereocenters. The molecule has 1 fully saturated rings. The second kappa shape index (κ2) is 7.49. The molecule has 1 N–H and O–H groups in total. The lowest BCUT2D eigenvalue weighted by atomic mass is 10.1. The van der Waals surface area contributed by atoms with Crippen LogP contribution in [0, 0.1) is 0 Å². The highest BCUT2D eigenvalue weighted by Gasteiger charge is 2.25. The van der Waals surface area contributed by atoms with E-state index in [9.17, 15) is 9.90 Å². The van der Waals surface area contributed by atoms with Crippen LogP contribution < -0.4 is 4.90 Å². The molecule has 1 atom stereocenters. The molecular weight excluding hydrogens is 300 g/mol. The molecule has 1 amide bonds. The maximum Gasteiger partial charge on any atom is 0.253 e. The van der Waals surface area contributed by atoms with Gasteiger partial charge in [0.15, 0.2) is 0 Å². The number of anilines is 1. The van der Waals surface area contributed by atoms with E-state index in [1.54, 1.807) is 4.90 Å². The number of nitrogens with zero attached hydrogens (tertiary/aromatic N) is 2. The molecule has 1 heterocycles. The summed E-state index contributed by atoms with van der Waals surface area (Å²) in [6.07, 6.45) is 0.291. The minimum atomic E-state index is -0.380. The third-order valence-corrected chi connectivity index (χ3v) is 4.53. The fourth-order valence-electron chi connectivity index (χ4n) is 3.11. The molecule has 0 spiro atoms. The zero-order chi connectivity index (χ0) is 16.9. The van der Waals surface area contributed by atoms with Gasteiger partial charge < -0.3 is 14.9 Å². The molecule has 0 aromatic heterocycles. The lowest BCUT2D eigenvalue weighted by Crippen LogP contribution is -2.29.